The second-order valence-corrected chi connectivity index (χ2v) is 7.53. The van der Waals surface area contributed by atoms with Gasteiger partial charge < -0.3 is 9.84 Å². The van der Waals surface area contributed by atoms with Crippen LogP contribution in [0.4, 0.5) is 0 Å². The highest BCUT2D eigenvalue weighted by Crippen LogP contribution is 2.27. The van der Waals surface area contributed by atoms with E-state index in [1.807, 2.05) is 13.8 Å². The number of carboxylic acids is 1. The predicted molar refractivity (Wildman–Crippen MR) is 81.9 cm³/mol. The maximum Gasteiger partial charge on any atom is 0.321 e. The lowest BCUT2D eigenvalue weighted by atomic mass is 10.1. The van der Waals surface area contributed by atoms with Gasteiger partial charge in [-0.1, -0.05) is 29.8 Å². The third kappa shape index (κ3) is 4.98. The third-order valence-corrected chi connectivity index (χ3v) is 4.70. The molecular weight excluding hydrogens is 362 g/mol. The number of aliphatic carboxylic acids is 1. The molecule has 0 amide bonds. The fourth-order valence-electron chi connectivity index (χ4n) is 1.78. The number of carboxylic acid groups (broad SMARTS) is 1. The quantitative estimate of drug-likeness (QED) is 0.757. The Morgan fingerprint density at radius 1 is 1.43 bits per heavy atom. The molecule has 118 valence electrons. The summed E-state index contributed by atoms with van der Waals surface area (Å²) in [5.74, 6) is -1.01. The maximum atomic E-state index is 12.4. The van der Waals surface area contributed by atoms with E-state index in [-0.39, 0.29) is 23.0 Å². The van der Waals surface area contributed by atoms with E-state index in [0.29, 0.717) is 4.47 Å². The molecule has 0 bridgehead atoms. The van der Waals surface area contributed by atoms with Crippen molar-refractivity contribution in [2.45, 2.75) is 31.2 Å². The summed E-state index contributed by atoms with van der Waals surface area (Å²) < 4.78 is 32.6. The average molecular weight is 380 g/mol. The van der Waals surface area contributed by atoms with Gasteiger partial charge in [-0.05, 0) is 30.5 Å². The monoisotopic (exact) mass is 379 g/mol. The summed E-state index contributed by atoms with van der Waals surface area (Å²) >= 11 is 3.19. The van der Waals surface area contributed by atoms with Crippen LogP contribution in [-0.2, 0) is 14.8 Å². The summed E-state index contributed by atoms with van der Waals surface area (Å²) in [4.78, 5) is 11.1. The minimum absolute atomic E-state index is 0.0400. The molecule has 8 heteroatoms. The summed E-state index contributed by atoms with van der Waals surface area (Å²) in [6.45, 7) is 3.65. The molecule has 2 N–H and O–H groups in total. The smallest absolute Gasteiger partial charge is 0.321 e. The Labute approximate surface area is 132 Å². The first kappa shape index (κ1) is 17.9. The van der Waals surface area contributed by atoms with Crippen molar-refractivity contribution in [2.24, 2.45) is 5.92 Å². The molecule has 0 radical (unpaired) electrons. The molecule has 0 unspecified atom stereocenters. The van der Waals surface area contributed by atoms with Gasteiger partial charge in [-0.15, -0.1) is 0 Å². The number of nitrogens with one attached hydrogen (secondary N) is 1. The number of hydrogen-bond donors (Lipinski definition) is 2. The van der Waals surface area contributed by atoms with Crippen LogP contribution < -0.4 is 9.46 Å². The molecule has 0 aliphatic carbocycles. The van der Waals surface area contributed by atoms with Crippen LogP contribution in [0.2, 0.25) is 0 Å². The van der Waals surface area contributed by atoms with E-state index in [0.717, 1.165) is 0 Å². The van der Waals surface area contributed by atoms with Gasteiger partial charge in [0.15, 0.2) is 0 Å². The molecule has 0 aromatic heterocycles. The van der Waals surface area contributed by atoms with Crippen LogP contribution in [0.5, 0.6) is 5.75 Å². The summed E-state index contributed by atoms with van der Waals surface area (Å²) in [5.41, 5.74) is 0. The van der Waals surface area contributed by atoms with Crippen LogP contribution in [0.3, 0.4) is 0 Å². The zero-order valence-electron chi connectivity index (χ0n) is 12.0. The lowest BCUT2D eigenvalue weighted by Crippen LogP contribution is -2.41. The van der Waals surface area contributed by atoms with Gasteiger partial charge in [0.1, 0.15) is 16.7 Å². The Balaban J connectivity index is 3.16. The molecule has 6 nitrogen and oxygen atoms in total. The van der Waals surface area contributed by atoms with Crippen molar-refractivity contribution in [3.05, 3.63) is 22.7 Å². The lowest BCUT2D eigenvalue weighted by molar-refractivity contribution is -0.139. The molecule has 0 aliphatic rings. The fraction of sp³-hybridized carbons (Fsp3) is 0.462. The Morgan fingerprint density at radius 3 is 2.52 bits per heavy atom. The van der Waals surface area contributed by atoms with Gasteiger partial charge in [0.25, 0.3) is 0 Å². The molecule has 0 spiro atoms. The number of benzene rings is 1. The van der Waals surface area contributed by atoms with E-state index in [1.54, 1.807) is 6.07 Å². The molecule has 0 fully saturated rings. The number of rotatable bonds is 7. The SMILES string of the molecule is COc1ccc(Br)cc1S(=O)(=O)N[C@@H](CC(C)C)C(=O)O. The maximum absolute atomic E-state index is 12.4. The molecule has 21 heavy (non-hydrogen) atoms. The van der Waals surface area contributed by atoms with Crippen molar-refractivity contribution in [2.75, 3.05) is 7.11 Å². The second-order valence-electron chi connectivity index (χ2n) is 4.94. The van der Waals surface area contributed by atoms with E-state index < -0.39 is 22.0 Å². The fourth-order valence-corrected chi connectivity index (χ4v) is 3.69. The Kier molecular flexibility index (Phi) is 6.18. The standard InChI is InChI=1S/C13H18BrNO5S/c1-8(2)6-10(13(16)17)15-21(18,19)12-7-9(14)4-5-11(12)20-3/h4-5,7-8,10,15H,6H2,1-3H3,(H,16,17)/t10-/m0/s1. The Hall–Kier alpha value is -1.12. The van der Waals surface area contributed by atoms with Gasteiger partial charge in [-0.25, -0.2) is 8.42 Å². The zero-order chi connectivity index (χ0) is 16.2. The van der Waals surface area contributed by atoms with Crippen molar-refractivity contribution >= 4 is 31.9 Å². The van der Waals surface area contributed by atoms with Crippen molar-refractivity contribution in [1.29, 1.82) is 0 Å². The van der Waals surface area contributed by atoms with Gasteiger partial charge in [-0.3, -0.25) is 4.79 Å². The van der Waals surface area contributed by atoms with E-state index >= 15 is 0 Å². The van der Waals surface area contributed by atoms with Crippen LogP contribution in [0.15, 0.2) is 27.6 Å². The lowest BCUT2D eigenvalue weighted by Gasteiger charge is -2.17. The first-order valence-electron chi connectivity index (χ1n) is 6.26. The van der Waals surface area contributed by atoms with E-state index in [4.69, 9.17) is 9.84 Å². The number of ether oxygens (including phenoxy) is 1. The predicted octanol–water partition coefficient (Wildman–Crippen LogP) is 2.24. The minimum atomic E-state index is -4.00. The molecule has 1 aromatic carbocycles. The van der Waals surface area contributed by atoms with Crippen LogP contribution in [-0.4, -0.2) is 32.6 Å². The topological polar surface area (TPSA) is 92.7 Å². The average Bonchev–Trinajstić information content (AvgIpc) is 2.37. The van der Waals surface area contributed by atoms with Crippen LogP contribution in [0.25, 0.3) is 0 Å². The third-order valence-electron chi connectivity index (χ3n) is 2.72. The zero-order valence-corrected chi connectivity index (χ0v) is 14.4. The number of methoxy groups -OCH3 is 1. The van der Waals surface area contributed by atoms with Gasteiger partial charge in [0, 0.05) is 4.47 Å². The second kappa shape index (κ2) is 7.24. The molecule has 0 saturated carbocycles. The van der Waals surface area contributed by atoms with Gasteiger partial charge in [-0.2, -0.15) is 4.72 Å². The van der Waals surface area contributed by atoms with Crippen molar-refractivity contribution in [3.63, 3.8) is 0 Å². The van der Waals surface area contributed by atoms with Gasteiger partial charge >= 0.3 is 5.97 Å². The molecule has 1 rings (SSSR count). The number of hydrogen-bond acceptors (Lipinski definition) is 4. The molecular formula is C13H18BrNO5S. The van der Waals surface area contributed by atoms with Crippen LogP contribution in [0.1, 0.15) is 20.3 Å². The highest BCUT2D eigenvalue weighted by molar-refractivity contribution is 9.10. The highest BCUT2D eigenvalue weighted by Gasteiger charge is 2.28. The van der Waals surface area contributed by atoms with E-state index in [9.17, 15) is 13.2 Å². The largest absolute Gasteiger partial charge is 0.495 e. The summed E-state index contributed by atoms with van der Waals surface area (Å²) in [6.07, 6.45) is 0.199. The van der Waals surface area contributed by atoms with Crippen LogP contribution >= 0.6 is 15.9 Å². The minimum Gasteiger partial charge on any atom is -0.495 e. The van der Waals surface area contributed by atoms with Crippen molar-refractivity contribution in [3.8, 4) is 5.75 Å². The summed E-state index contributed by atoms with van der Waals surface area (Å²) in [7, 11) is -2.65. The Morgan fingerprint density at radius 2 is 2.05 bits per heavy atom. The molecule has 1 aromatic rings. The van der Waals surface area contributed by atoms with Gasteiger partial charge in [0.05, 0.1) is 7.11 Å². The number of sulfonamides is 1. The van der Waals surface area contributed by atoms with E-state index in [1.165, 1.54) is 19.2 Å². The van der Waals surface area contributed by atoms with E-state index in [2.05, 4.69) is 20.7 Å². The molecule has 0 heterocycles. The molecule has 1 atom stereocenters. The normalized spacial score (nSPS) is 13.2. The number of carbonyl (C=O) groups is 1. The Bertz CT molecular complexity index is 615. The van der Waals surface area contributed by atoms with Crippen molar-refractivity contribution in [1.82, 2.24) is 4.72 Å². The summed E-state index contributed by atoms with van der Waals surface area (Å²) in [5, 5.41) is 9.15. The first-order valence-corrected chi connectivity index (χ1v) is 8.53. The molecule has 0 aliphatic heterocycles. The number of halogens is 1. The summed E-state index contributed by atoms with van der Waals surface area (Å²) in [6, 6.07) is 3.33. The van der Waals surface area contributed by atoms with Gasteiger partial charge in [0.2, 0.25) is 10.0 Å². The molecule has 0 saturated heterocycles. The first-order chi connectivity index (χ1) is 9.67. The van der Waals surface area contributed by atoms with Crippen molar-refractivity contribution < 1.29 is 23.1 Å². The van der Waals surface area contributed by atoms with Crippen LogP contribution in [0, 0.1) is 5.92 Å². The highest BCUT2D eigenvalue weighted by atomic mass is 79.9.